The van der Waals surface area contributed by atoms with Crippen LogP contribution < -0.4 is 5.32 Å². The first-order valence-corrected chi connectivity index (χ1v) is 7.25. The third kappa shape index (κ3) is 3.43. The summed E-state index contributed by atoms with van der Waals surface area (Å²) >= 11 is 0. The van der Waals surface area contributed by atoms with Crippen molar-refractivity contribution in [2.24, 2.45) is 11.8 Å². The summed E-state index contributed by atoms with van der Waals surface area (Å²) in [6, 6.07) is 1.40. The predicted molar refractivity (Wildman–Crippen MR) is 71.0 cm³/mol. The molecule has 3 heteroatoms. The van der Waals surface area contributed by atoms with Crippen molar-refractivity contribution in [1.29, 1.82) is 0 Å². The van der Waals surface area contributed by atoms with Crippen LogP contribution in [0.15, 0.2) is 0 Å². The second kappa shape index (κ2) is 6.17. The van der Waals surface area contributed by atoms with Gasteiger partial charge in [0.2, 0.25) is 0 Å². The van der Waals surface area contributed by atoms with Crippen LogP contribution in [-0.2, 0) is 0 Å². The van der Waals surface area contributed by atoms with Crippen molar-refractivity contribution in [3.8, 4) is 0 Å². The van der Waals surface area contributed by atoms with Crippen LogP contribution in [0.2, 0.25) is 0 Å². The molecule has 2 N–H and O–H groups in total. The Hall–Kier alpha value is -0.120. The van der Waals surface area contributed by atoms with Crippen molar-refractivity contribution in [1.82, 2.24) is 10.2 Å². The van der Waals surface area contributed by atoms with Gasteiger partial charge in [-0.25, -0.2) is 0 Å². The van der Waals surface area contributed by atoms with Crippen molar-refractivity contribution in [2.45, 2.75) is 51.1 Å². The largest absolute Gasteiger partial charge is 0.396 e. The Bertz CT molecular complexity index is 234. The normalized spacial score (nSPS) is 39.7. The molecule has 0 spiro atoms. The first kappa shape index (κ1) is 13.3. The molecule has 1 saturated carbocycles. The number of aliphatic hydroxyl groups is 1. The molecular formula is C14H28N2O. The molecule has 2 aliphatic rings. The Morgan fingerprint density at radius 3 is 2.71 bits per heavy atom. The number of rotatable bonds is 4. The summed E-state index contributed by atoms with van der Waals surface area (Å²) in [7, 11) is 2.22. The minimum absolute atomic E-state index is 0.385. The molecule has 0 aromatic carbocycles. The van der Waals surface area contributed by atoms with E-state index in [2.05, 4.69) is 24.2 Å². The number of likely N-dealkylation sites (tertiary alicyclic amines) is 1. The maximum atomic E-state index is 9.32. The molecule has 2 fully saturated rings. The fourth-order valence-electron chi connectivity index (χ4n) is 3.42. The lowest BCUT2D eigenvalue weighted by Crippen LogP contribution is -2.46. The van der Waals surface area contributed by atoms with Crippen LogP contribution in [0, 0.1) is 11.8 Å². The van der Waals surface area contributed by atoms with E-state index in [0.29, 0.717) is 24.6 Å². The molecule has 1 heterocycles. The van der Waals surface area contributed by atoms with E-state index in [1.165, 1.54) is 38.6 Å². The molecular weight excluding hydrogens is 212 g/mol. The van der Waals surface area contributed by atoms with Crippen LogP contribution in [0.3, 0.4) is 0 Å². The smallest absolute Gasteiger partial charge is 0.0462 e. The third-order valence-corrected chi connectivity index (χ3v) is 4.93. The van der Waals surface area contributed by atoms with Crippen LogP contribution in [0.25, 0.3) is 0 Å². The minimum Gasteiger partial charge on any atom is -0.396 e. The Balaban J connectivity index is 1.71. The average Bonchev–Trinajstić information content (AvgIpc) is 2.78. The highest BCUT2D eigenvalue weighted by atomic mass is 16.3. The van der Waals surface area contributed by atoms with E-state index in [4.69, 9.17) is 0 Å². The van der Waals surface area contributed by atoms with Gasteiger partial charge in [-0.3, -0.25) is 0 Å². The van der Waals surface area contributed by atoms with Gasteiger partial charge in [0, 0.05) is 18.7 Å². The lowest BCUT2D eigenvalue weighted by atomic mass is 9.94. The second-order valence-corrected chi connectivity index (χ2v) is 6.09. The summed E-state index contributed by atoms with van der Waals surface area (Å²) < 4.78 is 0. The standard InChI is InChI=1S/C14H28N2O/c1-11-8-14(6-7-16(11)2)15-9-12-4-3-5-13(12)10-17/h11-15,17H,3-10H2,1-2H3. The van der Waals surface area contributed by atoms with Gasteiger partial charge in [0.1, 0.15) is 0 Å². The second-order valence-electron chi connectivity index (χ2n) is 6.09. The first-order valence-electron chi connectivity index (χ1n) is 7.25. The molecule has 17 heavy (non-hydrogen) atoms. The fourth-order valence-corrected chi connectivity index (χ4v) is 3.42. The van der Waals surface area contributed by atoms with Gasteiger partial charge in [-0.2, -0.15) is 0 Å². The van der Waals surface area contributed by atoms with E-state index < -0.39 is 0 Å². The predicted octanol–water partition coefficient (Wildman–Crippen LogP) is 1.47. The van der Waals surface area contributed by atoms with Crippen LogP contribution in [0.1, 0.15) is 39.0 Å². The number of aliphatic hydroxyl groups excluding tert-OH is 1. The van der Waals surface area contributed by atoms with Gasteiger partial charge in [0.15, 0.2) is 0 Å². The van der Waals surface area contributed by atoms with Gasteiger partial charge in [0.05, 0.1) is 0 Å². The molecule has 0 bridgehead atoms. The van der Waals surface area contributed by atoms with Crippen molar-refractivity contribution >= 4 is 0 Å². The van der Waals surface area contributed by atoms with Gasteiger partial charge in [-0.05, 0) is 64.6 Å². The van der Waals surface area contributed by atoms with Crippen molar-refractivity contribution in [3.63, 3.8) is 0 Å². The Morgan fingerprint density at radius 2 is 2.00 bits per heavy atom. The zero-order chi connectivity index (χ0) is 12.3. The highest BCUT2D eigenvalue weighted by molar-refractivity contribution is 4.84. The summed E-state index contributed by atoms with van der Waals surface area (Å²) in [6.45, 7) is 5.04. The van der Waals surface area contributed by atoms with E-state index >= 15 is 0 Å². The quantitative estimate of drug-likeness (QED) is 0.781. The van der Waals surface area contributed by atoms with Crippen LogP contribution in [-0.4, -0.2) is 48.8 Å². The molecule has 1 saturated heterocycles. The molecule has 2 rings (SSSR count). The van der Waals surface area contributed by atoms with E-state index in [9.17, 15) is 5.11 Å². The van der Waals surface area contributed by atoms with Gasteiger partial charge >= 0.3 is 0 Å². The molecule has 0 aromatic heterocycles. The molecule has 1 aliphatic heterocycles. The van der Waals surface area contributed by atoms with Gasteiger partial charge < -0.3 is 15.3 Å². The SMILES string of the molecule is CC1CC(NCC2CCCC2CO)CCN1C. The van der Waals surface area contributed by atoms with Crippen LogP contribution in [0.4, 0.5) is 0 Å². The Morgan fingerprint density at radius 1 is 1.24 bits per heavy atom. The zero-order valence-electron chi connectivity index (χ0n) is 11.4. The fraction of sp³-hybridized carbons (Fsp3) is 1.00. The summed E-state index contributed by atoms with van der Waals surface area (Å²) in [5, 5.41) is 13.1. The summed E-state index contributed by atoms with van der Waals surface area (Å²) in [5.41, 5.74) is 0. The van der Waals surface area contributed by atoms with Crippen LogP contribution >= 0.6 is 0 Å². The van der Waals surface area contributed by atoms with Gasteiger partial charge in [-0.15, -0.1) is 0 Å². The lowest BCUT2D eigenvalue weighted by Gasteiger charge is -2.36. The molecule has 1 aliphatic carbocycles. The molecule has 0 aromatic rings. The summed E-state index contributed by atoms with van der Waals surface area (Å²) in [4.78, 5) is 2.45. The highest BCUT2D eigenvalue weighted by Gasteiger charge is 2.28. The number of hydrogen-bond donors (Lipinski definition) is 2. The number of nitrogens with one attached hydrogen (secondary N) is 1. The van der Waals surface area contributed by atoms with Crippen molar-refractivity contribution < 1.29 is 5.11 Å². The Labute approximate surface area is 106 Å². The molecule has 4 atom stereocenters. The van der Waals surface area contributed by atoms with Crippen molar-refractivity contribution in [3.05, 3.63) is 0 Å². The highest BCUT2D eigenvalue weighted by Crippen LogP contribution is 2.31. The monoisotopic (exact) mass is 240 g/mol. The number of hydrogen-bond acceptors (Lipinski definition) is 3. The van der Waals surface area contributed by atoms with E-state index in [1.54, 1.807) is 0 Å². The van der Waals surface area contributed by atoms with Gasteiger partial charge in [-0.1, -0.05) is 6.42 Å². The van der Waals surface area contributed by atoms with E-state index in [1.807, 2.05) is 0 Å². The number of nitrogens with zero attached hydrogens (tertiary/aromatic N) is 1. The lowest BCUT2D eigenvalue weighted by molar-refractivity contribution is 0.155. The maximum absolute atomic E-state index is 9.32. The zero-order valence-corrected chi connectivity index (χ0v) is 11.4. The Kier molecular flexibility index (Phi) is 4.83. The molecule has 100 valence electrons. The van der Waals surface area contributed by atoms with Crippen molar-refractivity contribution in [2.75, 3.05) is 26.7 Å². The third-order valence-electron chi connectivity index (χ3n) is 4.93. The average molecular weight is 240 g/mol. The maximum Gasteiger partial charge on any atom is 0.0462 e. The topological polar surface area (TPSA) is 35.5 Å². The first-order chi connectivity index (χ1) is 8.20. The van der Waals surface area contributed by atoms with Crippen LogP contribution in [0.5, 0.6) is 0 Å². The minimum atomic E-state index is 0.385. The molecule has 4 unspecified atom stereocenters. The molecule has 0 amide bonds. The van der Waals surface area contributed by atoms with E-state index in [-0.39, 0.29) is 0 Å². The van der Waals surface area contributed by atoms with Gasteiger partial charge in [0.25, 0.3) is 0 Å². The summed E-state index contributed by atoms with van der Waals surface area (Å²) in [5.74, 6) is 1.28. The summed E-state index contributed by atoms with van der Waals surface area (Å²) in [6.07, 6.45) is 6.39. The molecule has 0 radical (unpaired) electrons. The number of piperidine rings is 1. The molecule has 3 nitrogen and oxygen atoms in total. The van der Waals surface area contributed by atoms with E-state index in [0.717, 1.165) is 12.5 Å².